The quantitative estimate of drug-likeness (QED) is 0.936. The molecule has 1 N–H and O–H groups in total. The summed E-state index contributed by atoms with van der Waals surface area (Å²) in [5, 5.41) is 9.46. The highest BCUT2D eigenvalue weighted by atomic mass is 16.5. The predicted octanol–water partition coefficient (Wildman–Crippen LogP) is 1.84. The summed E-state index contributed by atoms with van der Waals surface area (Å²) in [4.78, 5) is 16.7. The molecule has 2 heterocycles. The molecule has 0 radical (unpaired) electrons. The molecule has 2 aromatic carbocycles. The summed E-state index contributed by atoms with van der Waals surface area (Å²) in [6.45, 7) is 1.46. The van der Waals surface area contributed by atoms with Gasteiger partial charge in [-0.1, -0.05) is 30.3 Å². The lowest BCUT2D eigenvalue weighted by atomic mass is 10.1. The Labute approximate surface area is 141 Å². The van der Waals surface area contributed by atoms with Gasteiger partial charge in [0, 0.05) is 12.2 Å². The molecule has 1 atom stereocenters. The number of carbonyl (C=O) groups excluding carboxylic acids is 1. The van der Waals surface area contributed by atoms with Crippen molar-refractivity contribution in [2.24, 2.45) is 0 Å². The van der Waals surface area contributed by atoms with Crippen LogP contribution in [-0.2, 0) is 11.2 Å². The van der Waals surface area contributed by atoms with Crippen molar-refractivity contribution in [2.45, 2.75) is 12.5 Å². The van der Waals surface area contributed by atoms with E-state index >= 15 is 0 Å². The summed E-state index contributed by atoms with van der Waals surface area (Å²) in [5.74, 6) is 0.797. The number of aliphatic hydroxyl groups is 1. The van der Waals surface area contributed by atoms with Crippen LogP contribution in [0.15, 0.2) is 48.5 Å². The maximum Gasteiger partial charge on any atom is 0.246 e. The standard InChI is InChI=1S/C19H20N2O3/c22-13-15-11-20(17-7-3-4-8-18(17)24-15)12-19(23)21-10-9-14-5-1-2-6-16(14)21/h1-8,15,22H,9-13H2. The summed E-state index contributed by atoms with van der Waals surface area (Å²) < 4.78 is 5.76. The molecule has 2 aromatic rings. The molecule has 0 saturated carbocycles. The first-order valence-corrected chi connectivity index (χ1v) is 8.26. The Morgan fingerprint density at radius 2 is 1.88 bits per heavy atom. The third-order valence-corrected chi connectivity index (χ3v) is 4.64. The number of fused-ring (bicyclic) bond motifs is 2. The second-order valence-electron chi connectivity index (χ2n) is 6.19. The SMILES string of the molecule is O=C(CN1CC(CO)Oc2ccccc21)N1CCc2ccccc21. The monoisotopic (exact) mass is 324 g/mol. The number of anilines is 2. The van der Waals surface area contributed by atoms with Gasteiger partial charge in [-0.05, 0) is 30.2 Å². The second kappa shape index (κ2) is 6.17. The molecule has 5 heteroatoms. The third-order valence-electron chi connectivity index (χ3n) is 4.64. The molecule has 0 aromatic heterocycles. The average Bonchev–Trinajstić information content (AvgIpc) is 3.05. The van der Waals surface area contributed by atoms with Gasteiger partial charge in [0.15, 0.2) is 0 Å². The number of hydrogen-bond acceptors (Lipinski definition) is 4. The van der Waals surface area contributed by atoms with Crippen LogP contribution < -0.4 is 14.5 Å². The number of aliphatic hydroxyl groups excluding tert-OH is 1. The van der Waals surface area contributed by atoms with Gasteiger partial charge in [-0.2, -0.15) is 0 Å². The molecule has 0 saturated heterocycles. The molecule has 5 nitrogen and oxygen atoms in total. The first-order chi connectivity index (χ1) is 11.8. The lowest BCUT2D eigenvalue weighted by Crippen LogP contribution is -2.47. The van der Waals surface area contributed by atoms with Crippen LogP contribution >= 0.6 is 0 Å². The molecule has 2 aliphatic rings. The molecule has 124 valence electrons. The van der Waals surface area contributed by atoms with Gasteiger partial charge >= 0.3 is 0 Å². The normalized spacial score (nSPS) is 18.8. The highest BCUT2D eigenvalue weighted by Crippen LogP contribution is 2.33. The van der Waals surface area contributed by atoms with Gasteiger partial charge in [-0.3, -0.25) is 4.79 Å². The van der Waals surface area contributed by atoms with Crippen LogP contribution in [0.25, 0.3) is 0 Å². The maximum atomic E-state index is 12.9. The molecule has 0 aliphatic carbocycles. The van der Waals surface area contributed by atoms with Crippen LogP contribution in [0.1, 0.15) is 5.56 Å². The van der Waals surface area contributed by atoms with Gasteiger partial charge in [0.25, 0.3) is 0 Å². The van der Waals surface area contributed by atoms with Gasteiger partial charge in [-0.25, -0.2) is 0 Å². The van der Waals surface area contributed by atoms with E-state index in [-0.39, 0.29) is 25.2 Å². The third kappa shape index (κ3) is 2.61. The molecule has 0 fully saturated rings. The van der Waals surface area contributed by atoms with Crippen LogP contribution in [0.2, 0.25) is 0 Å². The smallest absolute Gasteiger partial charge is 0.246 e. The number of rotatable bonds is 3. The lowest BCUT2D eigenvalue weighted by Gasteiger charge is -2.36. The first-order valence-electron chi connectivity index (χ1n) is 8.26. The number of ether oxygens (including phenoxy) is 1. The Hall–Kier alpha value is -2.53. The largest absolute Gasteiger partial charge is 0.484 e. The average molecular weight is 324 g/mol. The van der Waals surface area contributed by atoms with E-state index in [1.165, 1.54) is 5.56 Å². The molecule has 24 heavy (non-hydrogen) atoms. The Balaban J connectivity index is 1.56. The topological polar surface area (TPSA) is 53.0 Å². The molecule has 1 unspecified atom stereocenters. The zero-order chi connectivity index (χ0) is 16.5. The van der Waals surface area contributed by atoms with Crippen molar-refractivity contribution < 1.29 is 14.6 Å². The summed E-state index contributed by atoms with van der Waals surface area (Å²) in [5.41, 5.74) is 3.15. The van der Waals surface area contributed by atoms with Crippen molar-refractivity contribution in [3.8, 4) is 5.75 Å². The van der Waals surface area contributed by atoms with Crippen molar-refractivity contribution in [2.75, 3.05) is 36.0 Å². The van der Waals surface area contributed by atoms with E-state index in [0.717, 1.165) is 30.1 Å². The van der Waals surface area contributed by atoms with Crippen LogP contribution in [0, 0.1) is 0 Å². The van der Waals surface area contributed by atoms with E-state index in [4.69, 9.17) is 4.74 Å². The minimum Gasteiger partial charge on any atom is -0.484 e. The predicted molar refractivity (Wildman–Crippen MR) is 92.7 cm³/mol. The van der Waals surface area contributed by atoms with E-state index in [9.17, 15) is 9.90 Å². The highest BCUT2D eigenvalue weighted by Gasteiger charge is 2.30. The van der Waals surface area contributed by atoms with Crippen LogP contribution in [0.4, 0.5) is 11.4 Å². The van der Waals surface area contributed by atoms with Crippen LogP contribution in [0.5, 0.6) is 5.75 Å². The van der Waals surface area contributed by atoms with Crippen molar-refractivity contribution in [1.29, 1.82) is 0 Å². The fraction of sp³-hybridized carbons (Fsp3) is 0.316. The van der Waals surface area contributed by atoms with E-state index in [2.05, 4.69) is 6.07 Å². The second-order valence-corrected chi connectivity index (χ2v) is 6.19. The van der Waals surface area contributed by atoms with Gasteiger partial charge in [0.1, 0.15) is 11.9 Å². The van der Waals surface area contributed by atoms with E-state index in [1.807, 2.05) is 52.3 Å². The molecule has 1 amide bonds. The fourth-order valence-corrected chi connectivity index (χ4v) is 3.47. The summed E-state index contributed by atoms with van der Waals surface area (Å²) in [6, 6.07) is 15.7. The van der Waals surface area contributed by atoms with Crippen molar-refractivity contribution >= 4 is 17.3 Å². The number of para-hydroxylation sites is 3. The van der Waals surface area contributed by atoms with Gasteiger partial charge in [0.05, 0.1) is 25.4 Å². The molecule has 0 spiro atoms. The number of nitrogens with zero attached hydrogens (tertiary/aromatic N) is 2. The summed E-state index contributed by atoms with van der Waals surface area (Å²) in [7, 11) is 0. The molecular weight excluding hydrogens is 304 g/mol. The van der Waals surface area contributed by atoms with Crippen LogP contribution in [-0.4, -0.2) is 43.4 Å². The number of hydrogen-bond donors (Lipinski definition) is 1. The van der Waals surface area contributed by atoms with Gasteiger partial charge in [-0.15, -0.1) is 0 Å². The summed E-state index contributed by atoms with van der Waals surface area (Å²) >= 11 is 0. The molecular formula is C19H20N2O3. The Morgan fingerprint density at radius 3 is 2.71 bits per heavy atom. The number of benzene rings is 2. The Kier molecular flexibility index (Phi) is 3.86. The Morgan fingerprint density at radius 1 is 1.12 bits per heavy atom. The first kappa shape index (κ1) is 15.0. The maximum absolute atomic E-state index is 12.9. The van der Waals surface area contributed by atoms with E-state index < -0.39 is 0 Å². The van der Waals surface area contributed by atoms with Crippen LogP contribution in [0.3, 0.4) is 0 Å². The molecule has 2 aliphatic heterocycles. The molecule has 4 rings (SSSR count). The number of carbonyl (C=O) groups is 1. The highest BCUT2D eigenvalue weighted by molar-refractivity contribution is 5.98. The zero-order valence-electron chi connectivity index (χ0n) is 13.4. The van der Waals surface area contributed by atoms with E-state index in [0.29, 0.717) is 6.54 Å². The van der Waals surface area contributed by atoms with Crippen molar-refractivity contribution in [3.63, 3.8) is 0 Å². The Bertz CT molecular complexity index is 762. The van der Waals surface area contributed by atoms with E-state index in [1.54, 1.807) is 0 Å². The van der Waals surface area contributed by atoms with Gasteiger partial charge in [0.2, 0.25) is 5.91 Å². The zero-order valence-corrected chi connectivity index (χ0v) is 13.4. The fourth-order valence-electron chi connectivity index (χ4n) is 3.47. The summed E-state index contributed by atoms with van der Waals surface area (Å²) in [6.07, 6.45) is 0.597. The van der Waals surface area contributed by atoms with Crippen molar-refractivity contribution in [3.05, 3.63) is 54.1 Å². The minimum atomic E-state index is -0.307. The lowest BCUT2D eigenvalue weighted by molar-refractivity contribution is -0.117. The molecule has 0 bridgehead atoms. The number of amides is 1. The van der Waals surface area contributed by atoms with Crippen molar-refractivity contribution in [1.82, 2.24) is 0 Å². The van der Waals surface area contributed by atoms with Gasteiger partial charge < -0.3 is 19.6 Å². The minimum absolute atomic E-state index is 0.0639.